The molecule has 0 bridgehead atoms. The second-order valence-electron chi connectivity index (χ2n) is 4.98. The van der Waals surface area contributed by atoms with E-state index in [1.165, 1.54) is 22.3 Å². The zero-order valence-corrected chi connectivity index (χ0v) is 16.9. The molecule has 20 heavy (non-hydrogen) atoms. The van der Waals surface area contributed by atoms with Gasteiger partial charge in [0, 0.05) is 0 Å². The number of benzene rings is 1. The molecule has 0 atom stereocenters. The molecule has 0 unspecified atom stereocenters. The van der Waals surface area contributed by atoms with Crippen LogP contribution in [0.3, 0.4) is 0 Å². The van der Waals surface area contributed by atoms with E-state index in [1.54, 1.807) is 0 Å². The molecule has 0 heterocycles. The molecule has 0 saturated carbocycles. The highest BCUT2D eigenvalue weighted by molar-refractivity contribution is 9.30. The molecule has 2 aliphatic rings. The summed E-state index contributed by atoms with van der Waals surface area (Å²) in [6.07, 6.45) is 10.6. The molecular formula is C16H12Br4. The van der Waals surface area contributed by atoms with Crippen molar-refractivity contribution in [2.45, 2.75) is 19.3 Å². The third-order valence-corrected chi connectivity index (χ3v) is 9.97. The Morgan fingerprint density at radius 1 is 0.900 bits per heavy atom. The average Bonchev–Trinajstić information content (AvgIpc) is 2.36. The quantitative estimate of drug-likeness (QED) is 0.329. The fraction of sp³-hybridized carbons (Fsp3) is 0.250. The first-order chi connectivity index (χ1) is 9.43. The molecule has 0 N–H and O–H groups in total. The first-order valence-electron chi connectivity index (χ1n) is 6.37. The zero-order chi connectivity index (χ0) is 14.4. The predicted octanol–water partition coefficient (Wildman–Crippen LogP) is 6.79. The number of allylic oxidation sites excluding steroid dienone is 5. The van der Waals surface area contributed by atoms with Crippen LogP contribution in [0.2, 0.25) is 0 Å². The normalized spacial score (nSPS) is 26.0. The second kappa shape index (κ2) is 5.53. The van der Waals surface area contributed by atoms with Crippen molar-refractivity contribution in [3.05, 3.63) is 59.2 Å². The van der Waals surface area contributed by atoms with Gasteiger partial charge in [0.25, 0.3) is 0 Å². The molecule has 1 aromatic carbocycles. The van der Waals surface area contributed by atoms with Gasteiger partial charge in [0.05, 0.1) is 0 Å². The van der Waals surface area contributed by atoms with Gasteiger partial charge in [-0.15, -0.1) is 0 Å². The van der Waals surface area contributed by atoms with Gasteiger partial charge in [0.15, 0.2) is 0 Å². The fourth-order valence-corrected chi connectivity index (χ4v) is 4.79. The molecule has 0 saturated heterocycles. The maximum atomic E-state index is 3.89. The Kier molecular flexibility index (Phi) is 4.22. The van der Waals surface area contributed by atoms with Crippen LogP contribution in [0.5, 0.6) is 0 Å². The van der Waals surface area contributed by atoms with Crippen molar-refractivity contribution in [1.82, 2.24) is 0 Å². The van der Waals surface area contributed by atoms with E-state index in [9.17, 15) is 0 Å². The molecule has 0 nitrogen and oxygen atoms in total. The second-order valence-corrected chi connectivity index (χ2v) is 12.2. The van der Waals surface area contributed by atoms with E-state index >= 15 is 0 Å². The summed E-state index contributed by atoms with van der Waals surface area (Å²) in [5, 5.41) is 0. The smallest absolute Gasteiger partial charge is 0.0698 e. The van der Waals surface area contributed by atoms with Crippen molar-refractivity contribution < 1.29 is 0 Å². The summed E-state index contributed by atoms with van der Waals surface area (Å²) in [4.78, 5) is 0. The Bertz CT molecular complexity index is 636. The molecule has 3 rings (SSSR count). The predicted molar refractivity (Wildman–Crippen MR) is 102 cm³/mol. The van der Waals surface area contributed by atoms with E-state index in [-0.39, 0.29) is 6.47 Å². The van der Waals surface area contributed by atoms with Crippen molar-refractivity contribution in [3.8, 4) is 0 Å². The number of halogens is 4. The summed E-state index contributed by atoms with van der Waals surface area (Å²) in [5.74, 6) is 0. The third kappa shape index (κ3) is 2.47. The van der Waals surface area contributed by atoms with Gasteiger partial charge in [-0.1, -0.05) is 112 Å². The highest BCUT2D eigenvalue weighted by Crippen LogP contribution is 2.62. The largest absolute Gasteiger partial charge is 0.131 e. The van der Waals surface area contributed by atoms with Gasteiger partial charge in [0.2, 0.25) is 0 Å². The van der Waals surface area contributed by atoms with Gasteiger partial charge in [-0.2, -0.15) is 0 Å². The average molecular weight is 524 g/mol. The highest BCUT2D eigenvalue weighted by atomic mass is 79.9. The molecular weight excluding hydrogens is 512 g/mol. The van der Waals surface area contributed by atoms with Gasteiger partial charge >= 0.3 is 0 Å². The van der Waals surface area contributed by atoms with E-state index in [1.807, 2.05) is 0 Å². The Balaban J connectivity index is 2.30. The molecule has 0 fully saturated rings. The summed E-state index contributed by atoms with van der Waals surface area (Å²) >= 11 is 15.4. The summed E-state index contributed by atoms with van der Waals surface area (Å²) in [7, 11) is 0. The van der Waals surface area contributed by atoms with Crippen LogP contribution in [-0.2, 0) is 0 Å². The molecule has 0 aliphatic heterocycles. The summed E-state index contributed by atoms with van der Waals surface area (Å²) < 4.78 is -0.568. The lowest BCUT2D eigenvalue weighted by Gasteiger charge is -2.42. The van der Waals surface area contributed by atoms with E-state index in [2.05, 4.69) is 112 Å². The Labute approximate surface area is 152 Å². The van der Waals surface area contributed by atoms with Gasteiger partial charge in [-0.05, 0) is 35.1 Å². The van der Waals surface area contributed by atoms with Crippen molar-refractivity contribution in [2.75, 3.05) is 0 Å². The molecule has 104 valence electrons. The van der Waals surface area contributed by atoms with Crippen LogP contribution in [0.15, 0.2) is 48.1 Å². The zero-order valence-electron chi connectivity index (χ0n) is 10.5. The van der Waals surface area contributed by atoms with Crippen LogP contribution in [0.1, 0.15) is 24.0 Å². The minimum Gasteiger partial charge on any atom is -0.0698 e. The van der Waals surface area contributed by atoms with Crippen LogP contribution >= 0.6 is 63.7 Å². The van der Waals surface area contributed by atoms with Crippen LogP contribution in [0, 0.1) is 0 Å². The summed E-state index contributed by atoms with van der Waals surface area (Å²) in [6.45, 7) is 0. The SMILES string of the molecule is BrC1(Br)CCC2=C(c3ccccc3/C=C\C=C/2)C1(Br)Br. The van der Waals surface area contributed by atoms with Gasteiger partial charge in [0.1, 0.15) is 6.47 Å². The van der Waals surface area contributed by atoms with Crippen molar-refractivity contribution in [2.24, 2.45) is 0 Å². The van der Waals surface area contributed by atoms with Gasteiger partial charge in [-0.25, -0.2) is 0 Å². The number of alkyl halides is 4. The number of hydrogen-bond acceptors (Lipinski definition) is 0. The first-order valence-corrected chi connectivity index (χ1v) is 9.54. The maximum Gasteiger partial charge on any atom is 0.131 e. The van der Waals surface area contributed by atoms with E-state index < -0.39 is 0 Å². The van der Waals surface area contributed by atoms with Crippen molar-refractivity contribution >= 4 is 75.4 Å². The molecule has 0 radical (unpaired) electrons. The Hall–Kier alpha value is 0.360. The van der Waals surface area contributed by atoms with Crippen molar-refractivity contribution in [1.29, 1.82) is 0 Å². The van der Waals surface area contributed by atoms with Crippen LogP contribution in [0.25, 0.3) is 11.6 Å². The standard InChI is InChI=1S/C16H12Br4/c17-15(18)10-9-12-7-2-1-5-11-6-3-4-8-13(11)14(12)16(15,19)20/h1-8H,9-10H2/b2-1?,5-1-,7-2-,11-5?,12-7?,14-13?. The Morgan fingerprint density at radius 2 is 1.60 bits per heavy atom. The lowest BCUT2D eigenvalue weighted by Crippen LogP contribution is -2.39. The third-order valence-electron chi connectivity index (χ3n) is 3.72. The Morgan fingerprint density at radius 3 is 2.40 bits per heavy atom. The minimum absolute atomic E-state index is 0.213. The summed E-state index contributed by atoms with van der Waals surface area (Å²) in [6, 6.07) is 8.52. The highest BCUT2D eigenvalue weighted by Gasteiger charge is 2.51. The van der Waals surface area contributed by atoms with Crippen LogP contribution in [-0.4, -0.2) is 6.47 Å². The van der Waals surface area contributed by atoms with Crippen LogP contribution in [0.4, 0.5) is 0 Å². The minimum atomic E-state index is -0.355. The first kappa shape index (κ1) is 15.3. The van der Waals surface area contributed by atoms with E-state index in [4.69, 9.17) is 0 Å². The van der Waals surface area contributed by atoms with E-state index in [0.29, 0.717) is 0 Å². The van der Waals surface area contributed by atoms with Crippen molar-refractivity contribution in [3.63, 3.8) is 0 Å². The van der Waals surface area contributed by atoms with Gasteiger partial charge in [-0.3, -0.25) is 0 Å². The topological polar surface area (TPSA) is 0 Å². The summed E-state index contributed by atoms with van der Waals surface area (Å²) in [5.41, 5.74) is 5.16. The molecule has 0 amide bonds. The monoisotopic (exact) mass is 520 g/mol. The molecule has 0 aromatic heterocycles. The maximum absolute atomic E-state index is 3.89. The van der Waals surface area contributed by atoms with Crippen LogP contribution < -0.4 is 0 Å². The molecule has 4 heteroatoms. The number of fused-ring (bicyclic) bond motifs is 2. The number of hydrogen-bond donors (Lipinski definition) is 0. The molecule has 0 spiro atoms. The molecule has 1 aromatic rings. The van der Waals surface area contributed by atoms with Gasteiger partial charge < -0.3 is 0 Å². The lowest BCUT2D eigenvalue weighted by molar-refractivity contribution is 0.717. The molecule has 2 aliphatic carbocycles. The lowest BCUT2D eigenvalue weighted by atomic mass is 9.84. The number of rotatable bonds is 0. The van der Waals surface area contributed by atoms with E-state index in [0.717, 1.165) is 12.8 Å². The fourth-order valence-electron chi connectivity index (χ4n) is 2.67.